The lowest BCUT2D eigenvalue weighted by Gasteiger charge is -2.31. The first-order valence-electron chi connectivity index (χ1n) is 6.94. The second-order valence-corrected chi connectivity index (χ2v) is 6.16. The summed E-state index contributed by atoms with van der Waals surface area (Å²) >= 11 is 5.97. The summed E-state index contributed by atoms with van der Waals surface area (Å²) in [4.78, 5) is 11.8. The number of nitrogens with one attached hydrogen (secondary N) is 1. The number of allylic oxidation sites excluding steroid dienone is 2. The first kappa shape index (κ1) is 14.9. The fourth-order valence-electron chi connectivity index (χ4n) is 3.03. The molecule has 4 heteroatoms. The lowest BCUT2D eigenvalue weighted by atomic mass is 9.79. The highest BCUT2D eigenvalue weighted by Gasteiger charge is 2.30. The molecule has 1 aliphatic carbocycles. The summed E-state index contributed by atoms with van der Waals surface area (Å²) in [6, 6.07) is 7.02. The van der Waals surface area contributed by atoms with Crippen LogP contribution in [0, 0.1) is 11.8 Å². The molecule has 0 aromatic heterocycles. The van der Waals surface area contributed by atoms with Crippen LogP contribution in [0.3, 0.4) is 0 Å². The van der Waals surface area contributed by atoms with E-state index in [0.717, 1.165) is 18.5 Å². The lowest BCUT2D eigenvalue weighted by Crippen LogP contribution is -2.43. The second kappa shape index (κ2) is 6.31. The minimum Gasteiger partial charge on any atom is -0.373 e. The Morgan fingerprint density at radius 2 is 2.25 bits per heavy atom. The van der Waals surface area contributed by atoms with Crippen LogP contribution in [0.5, 0.6) is 0 Å². The van der Waals surface area contributed by atoms with Crippen LogP contribution in [0.4, 0.5) is 5.69 Å². The minimum absolute atomic E-state index is 0.228. The van der Waals surface area contributed by atoms with Gasteiger partial charge < -0.3 is 11.1 Å². The van der Waals surface area contributed by atoms with Crippen molar-refractivity contribution in [1.29, 1.82) is 0 Å². The quantitative estimate of drug-likeness (QED) is 0.833. The van der Waals surface area contributed by atoms with Crippen LogP contribution in [0.25, 0.3) is 0 Å². The van der Waals surface area contributed by atoms with Gasteiger partial charge in [0.15, 0.2) is 0 Å². The van der Waals surface area contributed by atoms with Gasteiger partial charge >= 0.3 is 0 Å². The molecule has 1 aromatic carbocycles. The molecule has 2 rings (SSSR count). The van der Waals surface area contributed by atoms with Crippen LogP contribution in [-0.4, -0.2) is 11.9 Å². The maximum absolute atomic E-state index is 11.8. The van der Waals surface area contributed by atoms with Crippen molar-refractivity contribution in [3.8, 4) is 0 Å². The SMILES string of the molecule is CC1=CC(C)CC(C(Nc2cccc(Cl)c2)C(N)=O)C1. The maximum atomic E-state index is 11.8. The molecule has 3 unspecified atom stereocenters. The van der Waals surface area contributed by atoms with Crippen molar-refractivity contribution < 1.29 is 4.79 Å². The Morgan fingerprint density at radius 1 is 1.50 bits per heavy atom. The number of benzene rings is 1. The summed E-state index contributed by atoms with van der Waals surface area (Å²) in [5, 5.41) is 3.89. The van der Waals surface area contributed by atoms with Crippen molar-refractivity contribution in [2.45, 2.75) is 32.7 Å². The van der Waals surface area contributed by atoms with Crippen LogP contribution >= 0.6 is 11.6 Å². The highest BCUT2D eigenvalue weighted by atomic mass is 35.5. The third-order valence-electron chi connectivity index (χ3n) is 3.75. The Kier molecular flexibility index (Phi) is 4.71. The number of hydrogen-bond donors (Lipinski definition) is 2. The number of anilines is 1. The number of amides is 1. The Balaban J connectivity index is 2.16. The average Bonchev–Trinajstić information content (AvgIpc) is 2.34. The van der Waals surface area contributed by atoms with E-state index in [2.05, 4.69) is 25.2 Å². The zero-order valence-corrected chi connectivity index (χ0v) is 12.7. The molecule has 108 valence electrons. The van der Waals surface area contributed by atoms with E-state index < -0.39 is 0 Å². The number of nitrogens with two attached hydrogens (primary N) is 1. The minimum atomic E-state index is -0.362. The van der Waals surface area contributed by atoms with E-state index in [0.29, 0.717) is 10.9 Å². The topological polar surface area (TPSA) is 55.1 Å². The molecule has 0 saturated carbocycles. The van der Waals surface area contributed by atoms with Crippen LogP contribution in [0.2, 0.25) is 5.02 Å². The van der Waals surface area contributed by atoms with Gasteiger partial charge in [0, 0.05) is 10.7 Å². The van der Waals surface area contributed by atoms with E-state index in [9.17, 15) is 4.79 Å². The second-order valence-electron chi connectivity index (χ2n) is 5.72. The molecule has 1 amide bonds. The highest BCUT2D eigenvalue weighted by molar-refractivity contribution is 6.30. The third kappa shape index (κ3) is 3.76. The summed E-state index contributed by atoms with van der Waals surface area (Å²) in [6.07, 6.45) is 4.15. The fraction of sp³-hybridized carbons (Fsp3) is 0.438. The molecular formula is C16H21ClN2O. The number of rotatable bonds is 4. The van der Waals surface area contributed by atoms with Crippen molar-refractivity contribution in [2.24, 2.45) is 17.6 Å². The average molecular weight is 293 g/mol. The Morgan fingerprint density at radius 3 is 2.85 bits per heavy atom. The summed E-state index contributed by atoms with van der Waals surface area (Å²) in [5.41, 5.74) is 7.75. The summed E-state index contributed by atoms with van der Waals surface area (Å²) in [7, 11) is 0. The molecule has 0 fully saturated rings. The predicted octanol–water partition coefficient (Wildman–Crippen LogP) is 3.60. The van der Waals surface area contributed by atoms with Gasteiger partial charge in [0.1, 0.15) is 6.04 Å². The summed E-state index contributed by atoms with van der Waals surface area (Å²) < 4.78 is 0. The van der Waals surface area contributed by atoms with Gasteiger partial charge in [-0.3, -0.25) is 4.79 Å². The van der Waals surface area contributed by atoms with Crippen molar-refractivity contribution in [3.05, 3.63) is 40.9 Å². The van der Waals surface area contributed by atoms with Gasteiger partial charge in [0.2, 0.25) is 5.91 Å². The number of halogens is 1. The Labute approximate surface area is 125 Å². The molecular weight excluding hydrogens is 272 g/mol. The molecule has 20 heavy (non-hydrogen) atoms. The van der Waals surface area contributed by atoms with Crippen molar-refractivity contribution in [1.82, 2.24) is 0 Å². The van der Waals surface area contributed by atoms with Crippen LogP contribution in [0.15, 0.2) is 35.9 Å². The number of carbonyl (C=O) groups excluding carboxylic acids is 1. The fourth-order valence-corrected chi connectivity index (χ4v) is 3.22. The summed E-state index contributed by atoms with van der Waals surface area (Å²) in [6.45, 7) is 4.28. The van der Waals surface area contributed by atoms with Gasteiger partial charge in [0.25, 0.3) is 0 Å². The van der Waals surface area contributed by atoms with Gasteiger partial charge in [-0.15, -0.1) is 0 Å². The number of hydrogen-bond acceptors (Lipinski definition) is 2. The molecule has 0 spiro atoms. The third-order valence-corrected chi connectivity index (χ3v) is 3.99. The first-order valence-corrected chi connectivity index (χ1v) is 7.32. The Hall–Kier alpha value is -1.48. The van der Waals surface area contributed by atoms with Crippen LogP contribution in [-0.2, 0) is 4.79 Å². The maximum Gasteiger partial charge on any atom is 0.240 e. The Bertz CT molecular complexity index is 527. The smallest absolute Gasteiger partial charge is 0.240 e. The number of carbonyl (C=O) groups is 1. The van der Waals surface area contributed by atoms with Gasteiger partial charge in [-0.05, 0) is 49.8 Å². The lowest BCUT2D eigenvalue weighted by molar-refractivity contribution is -0.119. The van der Waals surface area contributed by atoms with E-state index in [-0.39, 0.29) is 17.9 Å². The molecule has 0 radical (unpaired) electrons. The van der Waals surface area contributed by atoms with Crippen molar-refractivity contribution in [2.75, 3.05) is 5.32 Å². The van der Waals surface area contributed by atoms with Crippen molar-refractivity contribution >= 4 is 23.2 Å². The van der Waals surface area contributed by atoms with E-state index in [1.165, 1.54) is 5.57 Å². The van der Waals surface area contributed by atoms with Crippen molar-refractivity contribution in [3.63, 3.8) is 0 Å². The van der Waals surface area contributed by atoms with Gasteiger partial charge in [0.05, 0.1) is 0 Å². The highest BCUT2D eigenvalue weighted by Crippen LogP contribution is 2.31. The number of primary amides is 1. The first-order chi connectivity index (χ1) is 9.45. The molecule has 1 aliphatic rings. The normalized spacial score (nSPS) is 23.9. The molecule has 0 heterocycles. The van der Waals surface area contributed by atoms with Gasteiger partial charge in [-0.2, -0.15) is 0 Å². The molecule has 3 N–H and O–H groups in total. The van der Waals surface area contributed by atoms with E-state index in [4.69, 9.17) is 17.3 Å². The predicted molar refractivity (Wildman–Crippen MR) is 83.7 cm³/mol. The standard InChI is InChI=1S/C16H21ClN2O/c1-10-6-11(2)8-12(7-10)15(16(18)20)19-14-5-3-4-13(17)9-14/h3-6,9-10,12,15,19H,7-8H2,1-2H3,(H2,18,20). The van der Waals surface area contributed by atoms with Crippen LogP contribution in [0.1, 0.15) is 26.7 Å². The zero-order valence-electron chi connectivity index (χ0n) is 11.9. The van der Waals surface area contributed by atoms with Gasteiger partial charge in [-0.25, -0.2) is 0 Å². The van der Waals surface area contributed by atoms with Gasteiger partial charge in [-0.1, -0.05) is 36.2 Å². The van der Waals surface area contributed by atoms with E-state index in [1.807, 2.05) is 24.3 Å². The summed E-state index contributed by atoms with van der Waals surface area (Å²) in [5.74, 6) is 0.403. The molecule has 0 saturated heterocycles. The molecule has 0 bridgehead atoms. The van der Waals surface area contributed by atoms with Crippen LogP contribution < -0.4 is 11.1 Å². The molecule has 1 aromatic rings. The molecule has 3 atom stereocenters. The van der Waals surface area contributed by atoms with E-state index >= 15 is 0 Å². The molecule has 3 nitrogen and oxygen atoms in total. The monoisotopic (exact) mass is 292 g/mol. The molecule has 0 aliphatic heterocycles. The largest absolute Gasteiger partial charge is 0.373 e. The van der Waals surface area contributed by atoms with E-state index in [1.54, 1.807) is 0 Å². The zero-order chi connectivity index (χ0) is 14.7.